The Labute approximate surface area is 90.8 Å². The predicted molar refractivity (Wildman–Crippen MR) is 58.7 cm³/mol. The molecule has 1 fully saturated rings. The van der Waals surface area contributed by atoms with Gasteiger partial charge in [-0.1, -0.05) is 0 Å². The standard InChI is InChI=1S/C10H21N3O2/c1-13(2)10(15)12-7-6-11-8-4-3-5-9(8)14/h8-9,11,14H,3-7H2,1-2H3,(H,12,15). The Kier molecular flexibility index (Phi) is 4.84. The molecule has 1 aliphatic rings. The van der Waals surface area contributed by atoms with Gasteiger partial charge >= 0.3 is 6.03 Å². The Bertz CT molecular complexity index is 209. The molecule has 0 bridgehead atoms. The van der Waals surface area contributed by atoms with E-state index in [0.717, 1.165) is 19.3 Å². The fourth-order valence-electron chi connectivity index (χ4n) is 1.76. The molecular weight excluding hydrogens is 194 g/mol. The van der Waals surface area contributed by atoms with Gasteiger partial charge in [-0.2, -0.15) is 0 Å². The van der Waals surface area contributed by atoms with Gasteiger partial charge in [0.2, 0.25) is 0 Å². The number of aliphatic hydroxyl groups is 1. The molecule has 2 amide bonds. The maximum Gasteiger partial charge on any atom is 0.316 e. The SMILES string of the molecule is CN(C)C(=O)NCCNC1CCCC1O. The summed E-state index contributed by atoms with van der Waals surface area (Å²) < 4.78 is 0. The van der Waals surface area contributed by atoms with Gasteiger partial charge < -0.3 is 20.6 Å². The highest BCUT2D eigenvalue weighted by Crippen LogP contribution is 2.18. The fraction of sp³-hybridized carbons (Fsp3) is 0.900. The molecular formula is C10H21N3O2. The number of aliphatic hydroxyl groups excluding tert-OH is 1. The maximum absolute atomic E-state index is 11.1. The quantitative estimate of drug-likeness (QED) is 0.567. The van der Waals surface area contributed by atoms with E-state index in [1.807, 2.05) is 0 Å². The summed E-state index contributed by atoms with van der Waals surface area (Å²) in [7, 11) is 3.42. The van der Waals surface area contributed by atoms with Crippen molar-refractivity contribution in [3.8, 4) is 0 Å². The largest absolute Gasteiger partial charge is 0.392 e. The average molecular weight is 215 g/mol. The van der Waals surface area contributed by atoms with Crippen LogP contribution in [0.2, 0.25) is 0 Å². The molecule has 0 aromatic rings. The van der Waals surface area contributed by atoms with Crippen molar-refractivity contribution in [2.45, 2.75) is 31.4 Å². The molecule has 88 valence electrons. The van der Waals surface area contributed by atoms with Crippen LogP contribution in [0.3, 0.4) is 0 Å². The average Bonchev–Trinajstić information content (AvgIpc) is 2.58. The van der Waals surface area contributed by atoms with Gasteiger partial charge in [-0.15, -0.1) is 0 Å². The van der Waals surface area contributed by atoms with E-state index in [-0.39, 0.29) is 18.2 Å². The molecule has 0 radical (unpaired) electrons. The predicted octanol–water partition coefficient (Wildman–Crippen LogP) is -0.239. The molecule has 5 heteroatoms. The zero-order valence-electron chi connectivity index (χ0n) is 9.49. The van der Waals surface area contributed by atoms with Crippen molar-refractivity contribution in [3.05, 3.63) is 0 Å². The summed E-state index contributed by atoms with van der Waals surface area (Å²) in [6.45, 7) is 1.31. The zero-order chi connectivity index (χ0) is 11.3. The molecule has 0 aromatic carbocycles. The first kappa shape index (κ1) is 12.3. The molecule has 0 heterocycles. The first-order valence-electron chi connectivity index (χ1n) is 5.48. The van der Waals surface area contributed by atoms with Crippen LogP contribution in [0.15, 0.2) is 0 Å². The van der Waals surface area contributed by atoms with Gasteiger partial charge in [0.25, 0.3) is 0 Å². The van der Waals surface area contributed by atoms with Crippen molar-refractivity contribution in [2.24, 2.45) is 0 Å². The lowest BCUT2D eigenvalue weighted by Gasteiger charge is -2.17. The highest BCUT2D eigenvalue weighted by molar-refractivity contribution is 5.73. The molecule has 5 nitrogen and oxygen atoms in total. The van der Waals surface area contributed by atoms with Crippen molar-refractivity contribution in [2.75, 3.05) is 27.2 Å². The van der Waals surface area contributed by atoms with E-state index in [2.05, 4.69) is 10.6 Å². The van der Waals surface area contributed by atoms with Gasteiger partial charge in [0, 0.05) is 33.2 Å². The van der Waals surface area contributed by atoms with E-state index in [0.29, 0.717) is 13.1 Å². The number of hydrogen-bond donors (Lipinski definition) is 3. The first-order chi connectivity index (χ1) is 7.11. The summed E-state index contributed by atoms with van der Waals surface area (Å²) in [5.74, 6) is 0. The lowest BCUT2D eigenvalue weighted by atomic mass is 10.2. The van der Waals surface area contributed by atoms with Crippen LogP contribution < -0.4 is 10.6 Å². The van der Waals surface area contributed by atoms with Crippen molar-refractivity contribution in [1.82, 2.24) is 15.5 Å². The molecule has 3 N–H and O–H groups in total. The second kappa shape index (κ2) is 5.92. The van der Waals surface area contributed by atoms with Crippen LogP contribution in [0.1, 0.15) is 19.3 Å². The number of carbonyl (C=O) groups excluding carboxylic acids is 1. The third-order valence-electron chi connectivity index (χ3n) is 2.69. The van der Waals surface area contributed by atoms with Crippen LogP contribution in [-0.2, 0) is 0 Å². The third kappa shape index (κ3) is 4.05. The lowest BCUT2D eigenvalue weighted by molar-refractivity contribution is 0.149. The van der Waals surface area contributed by atoms with Gasteiger partial charge in [-0.25, -0.2) is 4.79 Å². The van der Waals surface area contributed by atoms with Crippen molar-refractivity contribution in [1.29, 1.82) is 0 Å². The van der Waals surface area contributed by atoms with E-state index >= 15 is 0 Å². The molecule has 0 aromatic heterocycles. The summed E-state index contributed by atoms with van der Waals surface area (Å²) in [6.07, 6.45) is 2.79. The molecule has 2 atom stereocenters. The molecule has 1 aliphatic carbocycles. The number of nitrogens with zero attached hydrogens (tertiary/aromatic N) is 1. The Morgan fingerprint density at radius 1 is 1.40 bits per heavy atom. The van der Waals surface area contributed by atoms with E-state index in [4.69, 9.17) is 0 Å². The summed E-state index contributed by atoms with van der Waals surface area (Å²) in [4.78, 5) is 12.6. The Balaban J connectivity index is 2.04. The number of rotatable bonds is 4. The van der Waals surface area contributed by atoms with E-state index in [1.54, 1.807) is 14.1 Å². The minimum atomic E-state index is -0.213. The molecule has 0 saturated heterocycles. The van der Waals surface area contributed by atoms with Gasteiger partial charge in [0.1, 0.15) is 0 Å². The second-order valence-electron chi connectivity index (χ2n) is 4.19. The Hall–Kier alpha value is -0.810. The van der Waals surface area contributed by atoms with E-state index < -0.39 is 0 Å². The highest BCUT2D eigenvalue weighted by Gasteiger charge is 2.23. The topological polar surface area (TPSA) is 64.6 Å². The maximum atomic E-state index is 11.1. The minimum Gasteiger partial charge on any atom is -0.392 e. The number of carbonyl (C=O) groups is 1. The smallest absolute Gasteiger partial charge is 0.316 e. The van der Waals surface area contributed by atoms with Crippen LogP contribution in [0.4, 0.5) is 4.79 Å². The third-order valence-corrected chi connectivity index (χ3v) is 2.69. The van der Waals surface area contributed by atoms with Crippen LogP contribution >= 0.6 is 0 Å². The van der Waals surface area contributed by atoms with Gasteiger partial charge in [-0.3, -0.25) is 0 Å². The number of nitrogens with one attached hydrogen (secondary N) is 2. The summed E-state index contributed by atoms with van der Waals surface area (Å²) in [5.41, 5.74) is 0. The van der Waals surface area contributed by atoms with E-state index in [1.165, 1.54) is 4.90 Å². The molecule has 0 spiro atoms. The van der Waals surface area contributed by atoms with Gasteiger partial charge in [0.15, 0.2) is 0 Å². The van der Waals surface area contributed by atoms with Gasteiger partial charge in [0.05, 0.1) is 6.10 Å². The number of urea groups is 1. The van der Waals surface area contributed by atoms with Crippen molar-refractivity contribution >= 4 is 6.03 Å². The van der Waals surface area contributed by atoms with Crippen LogP contribution in [0.25, 0.3) is 0 Å². The summed E-state index contributed by atoms with van der Waals surface area (Å²) in [6, 6.07) is 0.130. The minimum absolute atomic E-state index is 0.0798. The Morgan fingerprint density at radius 2 is 2.13 bits per heavy atom. The molecule has 15 heavy (non-hydrogen) atoms. The molecule has 0 aliphatic heterocycles. The Morgan fingerprint density at radius 3 is 2.67 bits per heavy atom. The molecule has 2 unspecified atom stereocenters. The number of amides is 2. The van der Waals surface area contributed by atoms with Crippen molar-refractivity contribution < 1.29 is 9.90 Å². The zero-order valence-corrected chi connectivity index (χ0v) is 9.49. The molecule has 1 rings (SSSR count). The monoisotopic (exact) mass is 215 g/mol. The van der Waals surface area contributed by atoms with Crippen molar-refractivity contribution in [3.63, 3.8) is 0 Å². The van der Waals surface area contributed by atoms with Crippen LogP contribution in [0, 0.1) is 0 Å². The molecule has 1 saturated carbocycles. The second-order valence-corrected chi connectivity index (χ2v) is 4.19. The lowest BCUT2D eigenvalue weighted by Crippen LogP contribution is -2.42. The van der Waals surface area contributed by atoms with E-state index in [9.17, 15) is 9.90 Å². The van der Waals surface area contributed by atoms with Crippen LogP contribution in [-0.4, -0.2) is 55.4 Å². The number of hydrogen-bond acceptors (Lipinski definition) is 3. The highest BCUT2D eigenvalue weighted by atomic mass is 16.3. The normalized spacial score (nSPS) is 25.3. The fourth-order valence-corrected chi connectivity index (χ4v) is 1.76. The van der Waals surface area contributed by atoms with Gasteiger partial charge in [-0.05, 0) is 19.3 Å². The summed E-state index contributed by atoms with van der Waals surface area (Å²) >= 11 is 0. The summed E-state index contributed by atoms with van der Waals surface area (Å²) in [5, 5.41) is 15.5. The first-order valence-corrected chi connectivity index (χ1v) is 5.48. The van der Waals surface area contributed by atoms with Crippen LogP contribution in [0.5, 0.6) is 0 Å².